The first-order valence-corrected chi connectivity index (χ1v) is 5.72. The summed E-state index contributed by atoms with van der Waals surface area (Å²) < 4.78 is 0. The quantitative estimate of drug-likeness (QED) is 0.716. The fourth-order valence-corrected chi connectivity index (χ4v) is 1.90. The van der Waals surface area contributed by atoms with Crippen LogP contribution < -0.4 is 5.32 Å². The maximum Gasteiger partial charge on any atom is 0.225 e. The van der Waals surface area contributed by atoms with Crippen LogP contribution in [0.5, 0.6) is 0 Å². The number of amides is 1. The minimum atomic E-state index is -0.0725. The van der Waals surface area contributed by atoms with E-state index in [1.807, 2.05) is 18.7 Å². The Morgan fingerprint density at radius 2 is 1.80 bits per heavy atom. The third kappa shape index (κ3) is 2.71. The topological polar surface area (TPSA) is 32.3 Å². The van der Waals surface area contributed by atoms with Gasteiger partial charge in [-0.15, -0.1) is 0 Å². The van der Waals surface area contributed by atoms with E-state index in [9.17, 15) is 4.79 Å². The van der Waals surface area contributed by atoms with Crippen molar-refractivity contribution >= 4 is 5.91 Å². The highest BCUT2D eigenvalue weighted by molar-refractivity contribution is 5.79. The van der Waals surface area contributed by atoms with Crippen molar-refractivity contribution in [3.63, 3.8) is 0 Å². The zero-order valence-corrected chi connectivity index (χ0v) is 10.8. The highest BCUT2D eigenvalue weighted by Crippen LogP contribution is 2.24. The number of nitrogens with one attached hydrogen (secondary N) is 1. The largest absolute Gasteiger partial charge is 0.334 e. The Morgan fingerprint density at radius 3 is 2.27 bits per heavy atom. The van der Waals surface area contributed by atoms with E-state index in [1.165, 1.54) is 0 Å². The van der Waals surface area contributed by atoms with Gasteiger partial charge in [0.1, 0.15) is 0 Å². The predicted molar refractivity (Wildman–Crippen MR) is 62.7 cm³/mol. The molecule has 3 heteroatoms. The standard InChI is InChI=1S/C12H24N2O/c1-9(2)10(15)14-8-11(3,4)13-7-12(14,5)6/h9,13H,7-8H2,1-6H3. The fraction of sp³-hybridized carbons (Fsp3) is 0.917. The average molecular weight is 212 g/mol. The van der Waals surface area contributed by atoms with Crippen LogP contribution in [0.1, 0.15) is 41.5 Å². The highest BCUT2D eigenvalue weighted by atomic mass is 16.2. The summed E-state index contributed by atoms with van der Waals surface area (Å²) in [6.07, 6.45) is 0. The first-order valence-electron chi connectivity index (χ1n) is 5.72. The van der Waals surface area contributed by atoms with Gasteiger partial charge < -0.3 is 10.2 Å². The van der Waals surface area contributed by atoms with Gasteiger partial charge in [-0.25, -0.2) is 0 Å². The van der Waals surface area contributed by atoms with Gasteiger partial charge in [-0.3, -0.25) is 4.79 Å². The van der Waals surface area contributed by atoms with Gasteiger partial charge in [0, 0.05) is 30.1 Å². The molecule has 88 valence electrons. The third-order valence-corrected chi connectivity index (χ3v) is 3.04. The number of piperazine rings is 1. The zero-order valence-electron chi connectivity index (χ0n) is 10.8. The minimum absolute atomic E-state index is 0.0278. The van der Waals surface area contributed by atoms with Crippen molar-refractivity contribution in [2.45, 2.75) is 52.6 Å². The van der Waals surface area contributed by atoms with E-state index in [-0.39, 0.29) is 22.9 Å². The molecular formula is C12H24N2O. The molecule has 0 aromatic heterocycles. The van der Waals surface area contributed by atoms with Crippen molar-refractivity contribution in [1.82, 2.24) is 10.2 Å². The SMILES string of the molecule is CC(C)C(=O)N1CC(C)(C)NCC1(C)C. The van der Waals surface area contributed by atoms with Gasteiger partial charge in [-0.1, -0.05) is 13.8 Å². The third-order valence-electron chi connectivity index (χ3n) is 3.04. The Morgan fingerprint density at radius 1 is 1.27 bits per heavy atom. The van der Waals surface area contributed by atoms with Crippen molar-refractivity contribution in [1.29, 1.82) is 0 Å². The molecular weight excluding hydrogens is 188 g/mol. The van der Waals surface area contributed by atoms with Gasteiger partial charge >= 0.3 is 0 Å². The Bertz CT molecular complexity index is 256. The normalized spacial score (nSPS) is 24.3. The lowest BCUT2D eigenvalue weighted by molar-refractivity contribution is -0.143. The van der Waals surface area contributed by atoms with E-state index >= 15 is 0 Å². The smallest absolute Gasteiger partial charge is 0.225 e. The summed E-state index contributed by atoms with van der Waals surface area (Å²) in [5.74, 6) is 0.341. The lowest BCUT2D eigenvalue weighted by atomic mass is 9.90. The molecule has 15 heavy (non-hydrogen) atoms. The number of hydrogen-bond donors (Lipinski definition) is 1. The van der Waals surface area contributed by atoms with Crippen LogP contribution in [-0.2, 0) is 4.79 Å². The Kier molecular flexibility index (Phi) is 3.15. The molecule has 0 spiro atoms. The predicted octanol–water partition coefficient (Wildman–Crippen LogP) is 1.63. The number of rotatable bonds is 1. The summed E-state index contributed by atoms with van der Waals surface area (Å²) in [6.45, 7) is 14.1. The lowest BCUT2D eigenvalue weighted by Gasteiger charge is -2.50. The second-order valence-electron chi connectivity index (χ2n) is 6.13. The number of carbonyl (C=O) groups excluding carboxylic acids is 1. The fourth-order valence-electron chi connectivity index (χ4n) is 1.90. The number of nitrogens with zero attached hydrogens (tertiary/aromatic N) is 1. The molecule has 0 atom stereocenters. The summed E-state index contributed by atoms with van der Waals surface area (Å²) in [5, 5.41) is 3.48. The van der Waals surface area contributed by atoms with Crippen LogP contribution in [0.4, 0.5) is 0 Å². The summed E-state index contributed by atoms with van der Waals surface area (Å²) in [4.78, 5) is 14.1. The van der Waals surface area contributed by atoms with Crippen LogP contribution in [-0.4, -0.2) is 35.0 Å². The van der Waals surface area contributed by atoms with Crippen molar-refractivity contribution in [3.05, 3.63) is 0 Å². The van der Waals surface area contributed by atoms with Crippen molar-refractivity contribution < 1.29 is 4.79 Å². The molecule has 1 aliphatic heterocycles. The molecule has 3 nitrogen and oxygen atoms in total. The van der Waals surface area contributed by atoms with Crippen LogP contribution >= 0.6 is 0 Å². The maximum atomic E-state index is 12.1. The molecule has 0 saturated carbocycles. The molecule has 1 aliphatic rings. The highest BCUT2D eigenvalue weighted by Gasteiger charge is 2.40. The summed E-state index contributed by atoms with van der Waals surface area (Å²) in [7, 11) is 0. The molecule has 1 rings (SSSR count). The second kappa shape index (κ2) is 3.78. The van der Waals surface area contributed by atoms with Crippen molar-refractivity contribution in [2.75, 3.05) is 13.1 Å². The van der Waals surface area contributed by atoms with E-state index in [0.717, 1.165) is 13.1 Å². The zero-order chi connectivity index (χ0) is 11.9. The second-order valence-corrected chi connectivity index (χ2v) is 6.13. The maximum absolute atomic E-state index is 12.1. The monoisotopic (exact) mass is 212 g/mol. The van der Waals surface area contributed by atoms with Gasteiger partial charge in [-0.2, -0.15) is 0 Å². The van der Waals surface area contributed by atoms with Gasteiger partial charge in [-0.05, 0) is 27.7 Å². The molecule has 0 bridgehead atoms. The molecule has 0 aromatic rings. The molecule has 1 saturated heterocycles. The molecule has 1 N–H and O–H groups in total. The van der Waals surface area contributed by atoms with Crippen molar-refractivity contribution in [3.8, 4) is 0 Å². The number of hydrogen-bond acceptors (Lipinski definition) is 2. The molecule has 0 unspecified atom stereocenters. The van der Waals surface area contributed by atoms with E-state index in [1.54, 1.807) is 0 Å². The van der Waals surface area contributed by atoms with E-state index in [2.05, 4.69) is 33.0 Å². The number of carbonyl (C=O) groups is 1. The van der Waals surface area contributed by atoms with E-state index in [0.29, 0.717) is 0 Å². The molecule has 0 aromatic carbocycles. The molecule has 0 radical (unpaired) electrons. The summed E-state index contributed by atoms with van der Waals surface area (Å²) in [6, 6.07) is 0. The van der Waals surface area contributed by atoms with E-state index < -0.39 is 0 Å². The molecule has 0 aliphatic carbocycles. The molecule has 1 amide bonds. The summed E-state index contributed by atoms with van der Waals surface area (Å²) in [5.41, 5.74) is -0.0447. The van der Waals surface area contributed by atoms with Gasteiger partial charge in [0.2, 0.25) is 5.91 Å². The molecule has 1 fully saturated rings. The van der Waals surface area contributed by atoms with Crippen LogP contribution in [0.3, 0.4) is 0 Å². The first-order chi connectivity index (χ1) is 6.66. The van der Waals surface area contributed by atoms with Crippen molar-refractivity contribution in [2.24, 2.45) is 5.92 Å². The van der Waals surface area contributed by atoms with Crippen LogP contribution in [0.2, 0.25) is 0 Å². The Hall–Kier alpha value is -0.570. The minimum Gasteiger partial charge on any atom is -0.334 e. The van der Waals surface area contributed by atoms with Crippen LogP contribution in [0.25, 0.3) is 0 Å². The van der Waals surface area contributed by atoms with Gasteiger partial charge in [0.15, 0.2) is 0 Å². The van der Waals surface area contributed by atoms with E-state index in [4.69, 9.17) is 0 Å². The van der Waals surface area contributed by atoms with Gasteiger partial charge in [0.05, 0.1) is 0 Å². The Labute approximate surface area is 93.2 Å². The Balaban J connectivity index is 2.86. The summed E-state index contributed by atoms with van der Waals surface area (Å²) >= 11 is 0. The van der Waals surface area contributed by atoms with Crippen LogP contribution in [0.15, 0.2) is 0 Å². The first kappa shape index (κ1) is 12.5. The average Bonchev–Trinajstić information content (AvgIpc) is 2.08. The van der Waals surface area contributed by atoms with Gasteiger partial charge in [0.25, 0.3) is 0 Å². The lowest BCUT2D eigenvalue weighted by Crippen LogP contribution is -2.67. The van der Waals surface area contributed by atoms with Crippen LogP contribution in [0, 0.1) is 5.92 Å². The molecule has 1 heterocycles.